The molecule has 3 aliphatic heterocycles. The smallest absolute Gasteiger partial charge is 0.410 e. The summed E-state index contributed by atoms with van der Waals surface area (Å²) in [6.07, 6.45) is -1.94. The zero-order valence-electron chi connectivity index (χ0n) is 32.1. The second-order valence-corrected chi connectivity index (χ2v) is 18.2. The standard InChI is InChI=1S/C38H49N5O11S/c1-8-24-17-38(24,33(46)41-55(49,50)26-12-10-9-11-13-26)40-31(44)27-16-25(20-43(27)32(45)30(36(2,3)4)39-34(47)54-37(5,6)7)53-35(48)42-18-22-14-28-29(52-21-51-28)15-23(22)19-42/h9-15,24-25,27,30H,8,16-21H2,1-7H3,(H,39,47)(H,40,44)(H,41,46)/t24-,25+,27-,30+,38-/m0/s1. The normalized spacial score (nSPS) is 23.4. The number of carbonyl (C=O) groups excluding carboxylic acids is 5. The van der Waals surface area contributed by atoms with Gasteiger partial charge in [0, 0.05) is 19.5 Å². The van der Waals surface area contributed by atoms with E-state index in [9.17, 15) is 32.4 Å². The summed E-state index contributed by atoms with van der Waals surface area (Å²) in [7, 11) is -4.26. The monoisotopic (exact) mass is 783 g/mol. The molecule has 4 aliphatic rings. The van der Waals surface area contributed by atoms with Gasteiger partial charge in [0.05, 0.1) is 11.4 Å². The molecule has 298 valence electrons. The first kappa shape index (κ1) is 39.6. The zero-order chi connectivity index (χ0) is 40.1. The lowest BCUT2D eigenvalue weighted by atomic mass is 9.85. The summed E-state index contributed by atoms with van der Waals surface area (Å²) >= 11 is 0. The van der Waals surface area contributed by atoms with Gasteiger partial charge in [0.2, 0.25) is 18.6 Å². The number of fused-ring (bicyclic) bond motifs is 2. The Bertz CT molecular complexity index is 1940. The number of amides is 5. The van der Waals surface area contributed by atoms with Crippen molar-refractivity contribution >= 4 is 39.9 Å². The van der Waals surface area contributed by atoms with E-state index in [2.05, 4.69) is 15.4 Å². The summed E-state index contributed by atoms with van der Waals surface area (Å²) in [5.41, 5.74) is -1.55. The number of alkyl carbamates (subject to hydrolysis) is 1. The van der Waals surface area contributed by atoms with Crippen molar-refractivity contribution in [2.24, 2.45) is 11.3 Å². The number of nitrogens with one attached hydrogen (secondary N) is 3. The largest absolute Gasteiger partial charge is 0.454 e. The van der Waals surface area contributed by atoms with Gasteiger partial charge in [-0.3, -0.25) is 19.3 Å². The van der Waals surface area contributed by atoms with Crippen LogP contribution in [0.25, 0.3) is 0 Å². The Morgan fingerprint density at radius 1 is 0.964 bits per heavy atom. The molecule has 6 rings (SSSR count). The van der Waals surface area contributed by atoms with Gasteiger partial charge in [-0.1, -0.05) is 52.3 Å². The summed E-state index contributed by atoms with van der Waals surface area (Å²) in [6, 6.07) is 8.61. The molecule has 2 fully saturated rings. The number of hydrogen-bond donors (Lipinski definition) is 3. The predicted molar refractivity (Wildman–Crippen MR) is 196 cm³/mol. The first-order valence-electron chi connectivity index (χ1n) is 18.3. The molecule has 1 aliphatic carbocycles. The van der Waals surface area contributed by atoms with Gasteiger partial charge in [-0.15, -0.1) is 0 Å². The van der Waals surface area contributed by atoms with Gasteiger partial charge in [0.25, 0.3) is 15.9 Å². The van der Waals surface area contributed by atoms with Crippen LogP contribution in [0, 0.1) is 11.3 Å². The number of ether oxygens (including phenoxy) is 4. The van der Waals surface area contributed by atoms with Gasteiger partial charge in [0.15, 0.2) is 11.5 Å². The molecule has 1 saturated heterocycles. The molecule has 17 heteroatoms. The van der Waals surface area contributed by atoms with E-state index >= 15 is 0 Å². The van der Waals surface area contributed by atoms with E-state index in [0.717, 1.165) is 11.1 Å². The Morgan fingerprint density at radius 3 is 2.13 bits per heavy atom. The minimum absolute atomic E-state index is 0.117. The molecule has 1 saturated carbocycles. The van der Waals surface area contributed by atoms with Crippen molar-refractivity contribution in [3.05, 3.63) is 53.6 Å². The van der Waals surface area contributed by atoms with Crippen LogP contribution in [0.2, 0.25) is 0 Å². The Kier molecular flexibility index (Phi) is 10.5. The predicted octanol–water partition coefficient (Wildman–Crippen LogP) is 3.57. The van der Waals surface area contributed by atoms with Crippen molar-refractivity contribution in [3.63, 3.8) is 0 Å². The molecule has 0 unspecified atom stereocenters. The zero-order valence-corrected chi connectivity index (χ0v) is 32.9. The van der Waals surface area contributed by atoms with Gasteiger partial charge in [-0.25, -0.2) is 22.7 Å². The number of hydrogen-bond acceptors (Lipinski definition) is 11. The molecule has 5 amide bonds. The molecule has 0 spiro atoms. The van der Waals surface area contributed by atoms with Gasteiger partial charge in [-0.05, 0) is 73.9 Å². The van der Waals surface area contributed by atoms with Gasteiger partial charge in [-0.2, -0.15) is 0 Å². The SMILES string of the molecule is CC[C@H]1C[C@@]1(NC(=O)[C@@H]1C[C@@H](OC(=O)N2Cc3cc4c(cc3C2)OCO4)CN1C(=O)[C@@H](NC(=O)OC(C)(C)C)C(C)(C)C)C(=O)NS(=O)(=O)c1ccccc1. The molecule has 0 aromatic heterocycles. The lowest BCUT2D eigenvalue weighted by Crippen LogP contribution is -2.60. The highest BCUT2D eigenvalue weighted by molar-refractivity contribution is 7.90. The van der Waals surface area contributed by atoms with Crippen molar-refractivity contribution in [1.29, 1.82) is 0 Å². The van der Waals surface area contributed by atoms with Gasteiger partial charge in [0.1, 0.15) is 29.3 Å². The molecule has 2 aromatic rings. The van der Waals surface area contributed by atoms with Crippen molar-refractivity contribution in [1.82, 2.24) is 25.2 Å². The van der Waals surface area contributed by atoms with E-state index < -0.39 is 74.7 Å². The Morgan fingerprint density at radius 2 is 1.58 bits per heavy atom. The summed E-state index contributed by atoms with van der Waals surface area (Å²) in [6.45, 7) is 12.5. The third-order valence-corrected chi connectivity index (χ3v) is 11.5. The Labute approximate surface area is 320 Å². The van der Waals surface area contributed by atoms with E-state index in [4.69, 9.17) is 18.9 Å². The van der Waals surface area contributed by atoms with Crippen molar-refractivity contribution in [3.8, 4) is 11.5 Å². The van der Waals surface area contributed by atoms with Crippen LogP contribution < -0.4 is 24.8 Å². The maximum atomic E-state index is 14.5. The molecule has 3 heterocycles. The molecule has 2 aromatic carbocycles. The van der Waals surface area contributed by atoms with E-state index in [0.29, 0.717) is 17.9 Å². The Balaban J connectivity index is 1.23. The number of rotatable bonds is 9. The van der Waals surface area contributed by atoms with Crippen LogP contribution in [0.4, 0.5) is 9.59 Å². The number of carbonyl (C=O) groups is 5. The highest BCUT2D eigenvalue weighted by atomic mass is 32.2. The lowest BCUT2D eigenvalue weighted by Gasteiger charge is -2.36. The van der Waals surface area contributed by atoms with E-state index in [1.807, 2.05) is 19.1 Å². The fourth-order valence-corrected chi connectivity index (χ4v) is 8.29. The van der Waals surface area contributed by atoms with Gasteiger partial charge >= 0.3 is 12.2 Å². The molecular formula is C38H49N5O11S. The molecule has 55 heavy (non-hydrogen) atoms. The van der Waals surface area contributed by atoms with Gasteiger partial charge < -0.3 is 34.5 Å². The molecule has 5 atom stereocenters. The van der Waals surface area contributed by atoms with Crippen molar-refractivity contribution < 1.29 is 51.3 Å². The minimum Gasteiger partial charge on any atom is -0.454 e. The molecule has 3 N–H and O–H groups in total. The summed E-state index contributed by atoms with van der Waals surface area (Å²) in [5, 5.41) is 5.45. The average Bonchev–Trinajstić information content (AvgIpc) is 3.43. The van der Waals surface area contributed by atoms with Crippen molar-refractivity contribution in [2.45, 2.75) is 115 Å². The maximum absolute atomic E-state index is 14.5. The van der Waals surface area contributed by atoms with Crippen LogP contribution in [0.1, 0.15) is 78.9 Å². The topological polar surface area (TPSA) is 199 Å². The third-order valence-electron chi connectivity index (χ3n) is 10.2. The second kappa shape index (κ2) is 14.5. The summed E-state index contributed by atoms with van der Waals surface area (Å²) in [5.74, 6) is -1.47. The highest BCUT2D eigenvalue weighted by Crippen LogP contribution is 2.47. The first-order valence-corrected chi connectivity index (χ1v) is 19.8. The fourth-order valence-electron chi connectivity index (χ4n) is 7.23. The van der Waals surface area contributed by atoms with Crippen LogP contribution in [0.15, 0.2) is 47.4 Å². The molecule has 0 radical (unpaired) electrons. The molecule has 16 nitrogen and oxygen atoms in total. The molecular weight excluding hydrogens is 735 g/mol. The van der Waals surface area contributed by atoms with Crippen LogP contribution >= 0.6 is 0 Å². The quantitative estimate of drug-likeness (QED) is 0.336. The average molecular weight is 784 g/mol. The number of benzene rings is 2. The number of likely N-dealkylation sites (tertiary alicyclic amines) is 1. The van der Waals surface area contributed by atoms with E-state index in [1.54, 1.807) is 47.6 Å². The minimum atomic E-state index is -4.26. The highest BCUT2D eigenvalue weighted by Gasteiger charge is 2.62. The van der Waals surface area contributed by atoms with E-state index in [1.165, 1.54) is 34.1 Å². The summed E-state index contributed by atoms with van der Waals surface area (Å²) in [4.78, 5) is 71.6. The second-order valence-electron chi connectivity index (χ2n) is 16.5. The maximum Gasteiger partial charge on any atom is 0.410 e. The number of nitrogens with zero attached hydrogens (tertiary/aromatic N) is 2. The van der Waals surface area contributed by atoms with Crippen LogP contribution in [0.5, 0.6) is 11.5 Å². The molecule has 0 bridgehead atoms. The third kappa shape index (κ3) is 8.45. The van der Waals surface area contributed by atoms with Crippen LogP contribution in [-0.2, 0) is 47.0 Å². The number of sulfonamides is 1. The van der Waals surface area contributed by atoms with Crippen molar-refractivity contribution in [2.75, 3.05) is 13.3 Å². The van der Waals surface area contributed by atoms with Crippen LogP contribution in [0.3, 0.4) is 0 Å². The lowest BCUT2D eigenvalue weighted by molar-refractivity contribution is -0.143. The Hall–Kier alpha value is -5.06. The van der Waals surface area contributed by atoms with E-state index in [-0.39, 0.29) is 50.1 Å². The first-order chi connectivity index (χ1) is 25.7. The fraction of sp³-hybridized carbons (Fsp3) is 0.553. The summed E-state index contributed by atoms with van der Waals surface area (Å²) < 4.78 is 50.7. The van der Waals surface area contributed by atoms with Crippen LogP contribution in [-0.4, -0.2) is 90.8 Å².